The summed E-state index contributed by atoms with van der Waals surface area (Å²) in [6, 6.07) is 23.5. The van der Waals surface area contributed by atoms with Crippen molar-refractivity contribution in [2.24, 2.45) is 5.92 Å². The molecule has 0 saturated carbocycles. The molecule has 0 bridgehead atoms. The molecule has 9 nitrogen and oxygen atoms in total. The number of methoxy groups -OCH3 is 1. The number of ketones is 2. The summed E-state index contributed by atoms with van der Waals surface area (Å²) in [6.45, 7) is 3.95. The molecule has 3 aliphatic rings. The van der Waals surface area contributed by atoms with Gasteiger partial charge in [-0.3, -0.25) is 24.5 Å². The number of fused-ring (bicyclic) bond motifs is 6. The lowest BCUT2D eigenvalue weighted by atomic mass is 9.64. The monoisotopic (exact) mass is 599 g/mol. The van der Waals surface area contributed by atoms with Crippen molar-refractivity contribution in [2.45, 2.75) is 31.3 Å². The van der Waals surface area contributed by atoms with E-state index >= 15 is 0 Å². The molecule has 1 saturated heterocycles. The predicted octanol–water partition coefficient (Wildman–Crippen LogP) is 6.16. The van der Waals surface area contributed by atoms with Crippen molar-refractivity contribution in [2.75, 3.05) is 17.3 Å². The molecule has 3 heterocycles. The van der Waals surface area contributed by atoms with E-state index in [-0.39, 0.29) is 17.0 Å². The number of amides is 1. The normalized spacial score (nSPS) is 22.6. The number of nitrogens with one attached hydrogen (secondary N) is 1. The Morgan fingerprint density at radius 3 is 2.40 bits per heavy atom. The predicted molar refractivity (Wildman–Crippen MR) is 170 cm³/mol. The zero-order valence-corrected chi connectivity index (χ0v) is 24.8. The van der Waals surface area contributed by atoms with Gasteiger partial charge in [0.05, 0.1) is 24.0 Å². The molecule has 45 heavy (non-hydrogen) atoms. The van der Waals surface area contributed by atoms with Crippen LogP contribution >= 0.6 is 0 Å². The summed E-state index contributed by atoms with van der Waals surface area (Å²) in [7, 11) is 1.51. The van der Waals surface area contributed by atoms with Crippen LogP contribution in [0.2, 0.25) is 0 Å². The van der Waals surface area contributed by atoms with Crippen LogP contribution in [0.25, 0.3) is 5.57 Å². The highest BCUT2D eigenvalue weighted by Gasteiger charge is 2.70. The molecule has 1 spiro atoms. The number of nitro benzene ring substituents is 1. The van der Waals surface area contributed by atoms with Crippen LogP contribution in [0.5, 0.6) is 5.75 Å². The van der Waals surface area contributed by atoms with E-state index < -0.39 is 40.0 Å². The average molecular weight is 600 g/mol. The number of hydrogen-bond donors (Lipinski definition) is 1. The van der Waals surface area contributed by atoms with Gasteiger partial charge in [0, 0.05) is 40.2 Å². The summed E-state index contributed by atoms with van der Waals surface area (Å²) in [4.78, 5) is 57.5. The molecule has 4 aromatic rings. The van der Waals surface area contributed by atoms with Gasteiger partial charge in [-0.15, -0.1) is 0 Å². The first kappa shape index (κ1) is 28.2. The van der Waals surface area contributed by atoms with Gasteiger partial charge in [-0.05, 0) is 55.3 Å². The number of Topliss-reactive ketones (excluding diaryl/α,β-unsaturated/α-hetero) is 2. The molecule has 0 aromatic heterocycles. The maximum absolute atomic E-state index is 15.0. The van der Waals surface area contributed by atoms with Crippen LogP contribution in [0.15, 0.2) is 97.1 Å². The molecule has 4 atom stereocenters. The second-order valence-electron chi connectivity index (χ2n) is 11.8. The van der Waals surface area contributed by atoms with Crippen LogP contribution in [0, 0.1) is 23.0 Å². The third-order valence-corrected chi connectivity index (χ3v) is 9.38. The number of nitrogens with zero attached hydrogens (tertiary/aromatic N) is 2. The molecule has 1 amide bonds. The van der Waals surface area contributed by atoms with Crippen LogP contribution in [0.4, 0.5) is 17.1 Å². The van der Waals surface area contributed by atoms with Crippen molar-refractivity contribution in [1.29, 1.82) is 0 Å². The Labute approximate surface area is 259 Å². The highest BCUT2D eigenvalue weighted by molar-refractivity contribution is 6.18. The minimum atomic E-state index is -1.53. The van der Waals surface area contributed by atoms with Gasteiger partial charge >= 0.3 is 0 Å². The first-order chi connectivity index (χ1) is 21.7. The van der Waals surface area contributed by atoms with Crippen molar-refractivity contribution in [3.63, 3.8) is 0 Å². The van der Waals surface area contributed by atoms with Gasteiger partial charge in [0.25, 0.3) is 5.69 Å². The molecule has 9 heteroatoms. The molecule has 0 unspecified atom stereocenters. The van der Waals surface area contributed by atoms with Crippen LogP contribution in [-0.4, -0.2) is 41.6 Å². The number of rotatable bonds is 6. The van der Waals surface area contributed by atoms with Crippen molar-refractivity contribution in [1.82, 2.24) is 0 Å². The van der Waals surface area contributed by atoms with Gasteiger partial charge < -0.3 is 15.0 Å². The molecular formula is C36H29N3O6. The van der Waals surface area contributed by atoms with Gasteiger partial charge in [-0.1, -0.05) is 60.2 Å². The maximum Gasteiger partial charge on any atom is 0.270 e. The summed E-state index contributed by atoms with van der Waals surface area (Å²) in [5.41, 5.74) is 3.34. The molecule has 3 aliphatic heterocycles. The summed E-state index contributed by atoms with van der Waals surface area (Å²) in [6.07, 6.45) is 1.98. The number of carbonyl (C=O) groups is 3. The lowest BCUT2D eigenvalue weighted by molar-refractivity contribution is -0.384. The molecule has 1 N–H and O–H groups in total. The van der Waals surface area contributed by atoms with Gasteiger partial charge in [0.15, 0.2) is 11.6 Å². The molecule has 7 rings (SSSR count). The molecule has 0 radical (unpaired) electrons. The number of aryl methyl sites for hydroxylation is 1. The van der Waals surface area contributed by atoms with Crippen molar-refractivity contribution >= 4 is 40.1 Å². The Hall–Kier alpha value is -5.57. The second kappa shape index (κ2) is 10.3. The van der Waals surface area contributed by atoms with Crippen LogP contribution in [0.1, 0.15) is 44.3 Å². The number of ether oxygens (including phenoxy) is 1. The van der Waals surface area contributed by atoms with Gasteiger partial charge in [-0.2, -0.15) is 0 Å². The van der Waals surface area contributed by atoms with E-state index in [0.29, 0.717) is 22.6 Å². The van der Waals surface area contributed by atoms with E-state index in [1.807, 2.05) is 55.2 Å². The zero-order chi connectivity index (χ0) is 31.6. The third-order valence-electron chi connectivity index (χ3n) is 9.38. The fourth-order valence-electron chi connectivity index (χ4n) is 7.45. The smallest absolute Gasteiger partial charge is 0.270 e. The van der Waals surface area contributed by atoms with E-state index in [4.69, 9.17) is 4.74 Å². The molecular weight excluding hydrogens is 570 g/mol. The Balaban J connectivity index is 1.55. The van der Waals surface area contributed by atoms with Crippen molar-refractivity contribution in [3.05, 3.63) is 135 Å². The van der Waals surface area contributed by atoms with Crippen LogP contribution in [0.3, 0.4) is 0 Å². The number of para-hydroxylation sites is 1. The highest BCUT2D eigenvalue weighted by atomic mass is 16.6. The number of nitro groups is 1. The van der Waals surface area contributed by atoms with Gasteiger partial charge in [-0.25, -0.2) is 0 Å². The van der Waals surface area contributed by atoms with Gasteiger partial charge in [0.2, 0.25) is 5.91 Å². The first-order valence-corrected chi connectivity index (χ1v) is 14.6. The Bertz CT molecular complexity index is 1980. The summed E-state index contributed by atoms with van der Waals surface area (Å²) >= 11 is 0. The van der Waals surface area contributed by atoms with E-state index in [0.717, 1.165) is 22.4 Å². The lowest BCUT2D eigenvalue weighted by Gasteiger charge is -2.39. The van der Waals surface area contributed by atoms with E-state index in [1.54, 1.807) is 36.4 Å². The van der Waals surface area contributed by atoms with Crippen LogP contribution in [-0.2, 0) is 10.2 Å². The molecule has 4 aromatic carbocycles. The molecule has 0 aliphatic carbocycles. The highest BCUT2D eigenvalue weighted by Crippen LogP contribution is 2.59. The molecule has 224 valence electrons. The topological polar surface area (TPSA) is 119 Å². The summed E-state index contributed by atoms with van der Waals surface area (Å²) in [5.74, 6) is -2.07. The average Bonchev–Trinajstić information content (AvgIpc) is 3.52. The summed E-state index contributed by atoms with van der Waals surface area (Å²) < 4.78 is 5.42. The molecule has 1 fully saturated rings. The number of anilines is 2. The standard InChI is InChI=1S/C36H29N3O6/c1-20-14-15-29-26(16-20)21(2)17-30-36(27-12-4-5-13-28(27)37-35(36)42)31(33(40)22-8-6-10-24(18-22)39(43)44)32(38(29)30)34(41)23-9-7-11-25(19-23)45-3/h4-19,30-32H,1-3H3,(H,37,42)/t30-,31+,32-,36+/m0/s1. The number of carbonyl (C=O) groups excluding carboxylic acids is 3. The Morgan fingerprint density at radius 1 is 0.911 bits per heavy atom. The Kier molecular flexibility index (Phi) is 6.43. The third kappa shape index (κ3) is 4.03. The van der Waals surface area contributed by atoms with E-state index in [9.17, 15) is 24.5 Å². The van der Waals surface area contributed by atoms with E-state index in [2.05, 4.69) is 5.32 Å². The minimum absolute atomic E-state index is 0.0545. The summed E-state index contributed by atoms with van der Waals surface area (Å²) in [5, 5.41) is 14.7. The largest absolute Gasteiger partial charge is 0.497 e. The lowest BCUT2D eigenvalue weighted by Crippen LogP contribution is -2.51. The quantitative estimate of drug-likeness (QED) is 0.160. The van der Waals surface area contributed by atoms with E-state index in [1.165, 1.54) is 31.4 Å². The maximum atomic E-state index is 15.0. The number of non-ortho nitro benzene ring substituents is 1. The van der Waals surface area contributed by atoms with Crippen molar-refractivity contribution in [3.8, 4) is 5.75 Å². The van der Waals surface area contributed by atoms with Crippen LogP contribution < -0.4 is 15.0 Å². The zero-order valence-electron chi connectivity index (χ0n) is 24.8. The van der Waals surface area contributed by atoms with Crippen molar-refractivity contribution < 1.29 is 24.0 Å². The number of hydrogen-bond acceptors (Lipinski definition) is 7. The second-order valence-corrected chi connectivity index (χ2v) is 11.8. The number of allylic oxidation sites excluding steroid dienone is 1. The fourth-order valence-corrected chi connectivity index (χ4v) is 7.45. The Morgan fingerprint density at radius 2 is 1.64 bits per heavy atom. The number of benzene rings is 4. The SMILES string of the molecule is COc1cccc(C(=O)[C@@H]2[C@H](C(=O)c3cccc([N+](=O)[O-])c3)[C@]3(C(=O)Nc4ccccc43)[C@@H]3C=C(C)c4cc(C)ccc4N23)c1. The minimum Gasteiger partial charge on any atom is -0.497 e. The van der Waals surface area contributed by atoms with Gasteiger partial charge in [0.1, 0.15) is 17.2 Å². The first-order valence-electron chi connectivity index (χ1n) is 14.6. The fraction of sp³-hybridized carbons (Fsp3) is 0.194.